The van der Waals surface area contributed by atoms with Gasteiger partial charge in [-0.25, -0.2) is 4.39 Å². The summed E-state index contributed by atoms with van der Waals surface area (Å²) < 4.78 is 19.5. The van der Waals surface area contributed by atoms with Crippen molar-refractivity contribution in [3.05, 3.63) is 35.6 Å². The smallest absolute Gasteiger partial charge is 0.243 e. The van der Waals surface area contributed by atoms with Crippen molar-refractivity contribution in [2.24, 2.45) is 11.1 Å². The predicted molar refractivity (Wildman–Crippen MR) is 111 cm³/mol. The molecular weight excluding hydrogens is 397 g/mol. The van der Waals surface area contributed by atoms with Crippen LogP contribution in [0.15, 0.2) is 24.3 Å². The average Bonchev–Trinajstić information content (AvgIpc) is 2.69. The van der Waals surface area contributed by atoms with Gasteiger partial charge in [0, 0.05) is 44.6 Å². The number of halogens is 2. The first-order valence-corrected chi connectivity index (χ1v) is 9.91. The lowest BCUT2D eigenvalue weighted by Gasteiger charge is -2.59. The van der Waals surface area contributed by atoms with Gasteiger partial charge in [-0.2, -0.15) is 0 Å². The number of nitrogens with zero attached hydrogens (tertiary/aromatic N) is 2. The number of hydrogen-bond acceptors (Lipinski definition) is 4. The summed E-state index contributed by atoms with van der Waals surface area (Å²) in [5.41, 5.74) is 5.52. The number of piperazine rings is 1. The van der Waals surface area contributed by atoms with Crippen molar-refractivity contribution in [3.63, 3.8) is 0 Å². The highest BCUT2D eigenvalue weighted by molar-refractivity contribution is 5.89. The van der Waals surface area contributed by atoms with Crippen LogP contribution >= 0.6 is 12.4 Å². The van der Waals surface area contributed by atoms with Crippen molar-refractivity contribution in [1.29, 1.82) is 0 Å². The van der Waals surface area contributed by atoms with Gasteiger partial charge in [-0.05, 0) is 18.6 Å². The molecule has 1 aliphatic carbocycles. The van der Waals surface area contributed by atoms with E-state index >= 15 is 0 Å². The highest BCUT2D eigenvalue weighted by Crippen LogP contribution is 2.50. The van der Waals surface area contributed by atoms with Gasteiger partial charge in [-0.15, -0.1) is 12.4 Å². The molecule has 2 fully saturated rings. The third kappa shape index (κ3) is 4.27. The fourth-order valence-corrected chi connectivity index (χ4v) is 4.16. The van der Waals surface area contributed by atoms with E-state index in [1.54, 1.807) is 28.0 Å². The largest absolute Gasteiger partial charge is 0.378 e. The summed E-state index contributed by atoms with van der Waals surface area (Å²) in [5.74, 6) is -0.569. The van der Waals surface area contributed by atoms with Crippen LogP contribution in [0.4, 0.5) is 4.39 Å². The van der Waals surface area contributed by atoms with Crippen LogP contribution in [0, 0.1) is 11.2 Å². The predicted octanol–water partition coefficient (Wildman–Crippen LogP) is 1.99. The fraction of sp³-hybridized carbons (Fsp3) is 0.619. The van der Waals surface area contributed by atoms with Crippen molar-refractivity contribution >= 4 is 24.2 Å². The van der Waals surface area contributed by atoms with E-state index in [0.717, 1.165) is 0 Å². The summed E-state index contributed by atoms with van der Waals surface area (Å²) in [6.45, 7) is 8.24. The van der Waals surface area contributed by atoms with Gasteiger partial charge in [-0.3, -0.25) is 9.59 Å². The van der Waals surface area contributed by atoms with Gasteiger partial charge in [0.05, 0.1) is 12.5 Å². The van der Waals surface area contributed by atoms with E-state index in [-0.39, 0.29) is 42.6 Å². The Labute approximate surface area is 178 Å². The lowest BCUT2D eigenvalue weighted by Crippen LogP contribution is -2.76. The van der Waals surface area contributed by atoms with Crippen LogP contribution in [0.2, 0.25) is 0 Å². The molecule has 0 radical (unpaired) electrons. The first-order chi connectivity index (χ1) is 13.2. The van der Waals surface area contributed by atoms with Crippen molar-refractivity contribution < 1.29 is 18.7 Å². The Hall–Kier alpha value is -1.70. The van der Waals surface area contributed by atoms with Crippen molar-refractivity contribution in [2.75, 3.05) is 32.8 Å². The van der Waals surface area contributed by atoms with E-state index < -0.39 is 11.0 Å². The number of amides is 2. The van der Waals surface area contributed by atoms with Crippen LogP contribution in [0.25, 0.3) is 0 Å². The molecular formula is C21H31ClFN3O3. The quantitative estimate of drug-likeness (QED) is 0.779. The second-order valence-corrected chi connectivity index (χ2v) is 8.28. The molecule has 6 nitrogen and oxygen atoms in total. The zero-order valence-corrected chi connectivity index (χ0v) is 18.1. The Morgan fingerprint density at radius 1 is 1.17 bits per heavy atom. The molecule has 1 heterocycles. The minimum Gasteiger partial charge on any atom is -0.378 e. The number of ether oxygens (including phenoxy) is 1. The second kappa shape index (κ2) is 8.98. The van der Waals surface area contributed by atoms with Crippen molar-refractivity contribution in [3.8, 4) is 0 Å². The SMILES string of the molecule is CCOC1CC(N)(C(=O)N2CCN(C(=O)Cc3ccccc3F)CC2)C1(C)C.Cl. The van der Waals surface area contributed by atoms with Crippen LogP contribution in [0.1, 0.15) is 32.8 Å². The zero-order chi connectivity index (χ0) is 20.5. The molecule has 0 bridgehead atoms. The third-order valence-corrected chi connectivity index (χ3v) is 6.43. The number of benzene rings is 1. The van der Waals surface area contributed by atoms with E-state index in [2.05, 4.69) is 0 Å². The van der Waals surface area contributed by atoms with E-state index in [1.807, 2.05) is 20.8 Å². The first-order valence-electron chi connectivity index (χ1n) is 9.91. The molecule has 162 valence electrons. The maximum Gasteiger partial charge on any atom is 0.243 e. The lowest BCUT2D eigenvalue weighted by molar-refractivity contribution is -0.180. The van der Waals surface area contributed by atoms with Crippen LogP contribution < -0.4 is 5.73 Å². The van der Waals surface area contributed by atoms with Gasteiger partial charge >= 0.3 is 0 Å². The summed E-state index contributed by atoms with van der Waals surface area (Å²) in [5, 5.41) is 0. The van der Waals surface area contributed by atoms with Gasteiger partial charge in [0.1, 0.15) is 11.4 Å². The second-order valence-electron chi connectivity index (χ2n) is 8.28. The minimum atomic E-state index is -0.938. The summed E-state index contributed by atoms with van der Waals surface area (Å²) in [7, 11) is 0. The van der Waals surface area contributed by atoms with E-state index in [9.17, 15) is 14.0 Å². The van der Waals surface area contributed by atoms with Gasteiger partial charge in [0.2, 0.25) is 11.8 Å². The average molecular weight is 428 g/mol. The monoisotopic (exact) mass is 427 g/mol. The van der Waals surface area contributed by atoms with Crippen molar-refractivity contribution in [2.45, 2.75) is 45.3 Å². The van der Waals surface area contributed by atoms with Crippen LogP contribution in [-0.4, -0.2) is 66.0 Å². The standard InChI is InChI=1S/C21H30FN3O3.ClH/c1-4-28-17-14-21(23,20(17,2)3)19(27)25-11-9-24(10-12-25)18(26)13-15-7-5-6-8-16(15)22;/h5-8,17H,4,9-14,23H2,1-3H3;1H. The van der Waals surface area contributed by atoms with Crippen molar-refractivity contribution in [1.82, 2.24) is 9.80 Å². The van der Waals surface area contributed by atoms with Crippen LogP contribution in [0.5, 0.6) is 0 Å². The Bertz CT molecular complexity index is 752. The Balaban J connectivity index is 0.00000300. The Morgan fingerprint density at radius 3 is 2.31 bits per heavy atom. The summed E-state index contributed by atoms with van der Waals surface area (Å²) in [6, 6.07) is 6.31. The summed E-state index contributed by atoms with van der Waals surface area (Å²) in [4.78, 5) is 29.0. The van der Waals surface area contributed by atoms with Crippen LogP contribution in [0.3, 0.4) is 0 Å². The lowest BCUT2D eigenvalue weighted by atomic mass is 9.54. The van der Waals surface area contributed by atoms with Crippen LogP contribution in [-0.2, 0) is 20.7 Å². The molecule has 0 spiro atoms. The molecule has 2 N–H and O–H groups in total. The zero-order valence-electron chi connectivity index (χ0n) is 17.3. The van der Waals surface area contributed by atoms with Gasteiger partial charge in [0.15, 0.2) is 0 Å². The molecule has 1 saturated heterocycles. The number of rotatable bonds is 5. The highest BCUT2D eigenvalue weighted by atomic mass is 35.5. The third-order valence-electron chi connectivity index (χ3n) is 6.43. The Morgan fingerprint density at radius 2 is 1.76 bits per heavy atom. The van der Waals surface area contributed by atoms with E-state index in [1.165, 1.54) is 6.07 Å². The molecule has 1 aromatic rings. The molecule has 2 aliphatic rings. The Kier molecular flexibility index (Phi) is 7.30. The van der Waals surface area contributed by atoms with Gasteiger partial charge < -0.3 is 20.3 Å². The fourth-order valence-electron chi connectivity index (χ4n) is 4.16. The number of nitrogens with two attached hydrogens (primary N) is 1. The summed E-state index contributed by atoms with van der Waals surface area (Å²) >= 11 is 0. The highest BCUT2D eigenvalue weighted by Gasteiger charge is 2.63. The molecule has 3 rings (SSSR count). The number of carbonyl (C=O) groups is 2. The van der Waals surface area contributed by atoms with Gasteiger partial charge in [0.25, 0.3) is 0 Å². The first kappa shape index (κ1) is 23.6. The normalized spacial score (nSPS) is 25.8. The number of hydrogen-bond donors (Lipinski definition) is 1. The molecule has 1 aliphatic heterocycles. The molecule has 1 saturated carbocycles. The van der Waals surface area contributed by atoms with Gasteiger partial charge in [-0.1, -0.05) is 32.0 Å². The molecule has 29 heavy (non-hydrogen) atoms. The van der Waals surface area contributed by atoms with E-state index in [0.29, 0.717) is 44.8 Å². The topological polar surface area (TPSA) is 75.9 Å². The molecule has 1 aromatic carbocycles. The molecule has 8 heteroatoms. The minimum absolute atomic E-state index is 0. The van der Waals surface area contributed by atoms with E-state index in [4.69, 9.17) is 10.5 Å². The molecule has 2 amide bonds. The molecule has 2 unspecified atom stereocenters. The summed E-state index contributed by atoms with van der Waals surface area (Å²) in [6.07, 6.45) is 0.527. The molecule has 0 aromatic heterocycles. The maximum atomic E-state index is 13.8. The number of carbonyl (C=O) groups excluding carboxylic acids is 2. The molecule has 2 atom stereocenters. The maximum absolute atomic E-state index is 13.8.